The first kappa shape index (κ1) is 40.4. The molecule has 2 saturated heterocycles. The lowest BCUT2D eigenvalue weighted by Crippen LogP contribution is -2.54. The summed E-state index contributed by atoms with van der Waals surface area (Å²) in [6.45, 7) is 4.58. The van der Waals surface area contributed by atoms with Gasteiger partial charge in [-0.05, 0) is 107 Å². The van der Waals surface area contributed by atoms with E-state index in [2.05, 4.69) is 25.8 Å². The van der Waals surface area contributed by atoms with Gasteiger partial charge in [0.2, 0.25) is 11.8 Å². The molecule has 2 aromatic carbocycles. The van der Waals surface area contributed by atoms with E-state index in [1.54, 1.807) is 35.6 Å². The number of anilines is 2. The van der Waals surface area contributed by atoms with Crippen molar-refractivity contribution in [3.05, 3.63) is 76.1 Å². The molecule has 0 bridgehead atoms. The third kappa shape index (κ3) is 8.56. The number of amides is 5. The van der Waals surface area contributed by atoms with Gasteiger partial charge in [-0.25, -0.2) is 9.97 Å². The van der Waals surface area contributed by atoms with E-state index in [9.17, 15) is 32.8 Å². The molecule has 3 fully saturated rings. The average molecular weight is 828 g/mol. The molecule has 4 aromatic rings. The molecule has 310 valence electrons. The Kier molecular flexibility index (Phi) is 11.5. The number of imide groups is 2. The number of carbonyl (C=O) groups excluding carboxylic acids is 5. The standard InChI is InChI=1S/C43H47F2N7O6S/c1-43(44,45)35-8-4-7-29(47-35)38(54)48-30-22-34-31(21-33(30)58-2)49-40(59-34)26-11-9-25(10-12-26)23-51-19-16-24(17-20-51)15-18-46-28-6-3-5-27-37(28)42(57)52(41(27)56)32-13-14-36(53)50-39(32)55/h3-8,21-22,24-26,32,46H,9-20,23H2,1-2H3,(H,48,54)(H,50,53,55). The summed E-state index contributed by atoms with van der Waals surface area (Å²) in [4.78, 5) is 76.2. The maximum Gasteiger partial charge on any atom is 0.287 e. The van der Waals surface area contributed by atoms with Crippen molar-refractivity contribution in [2.24, 2.45) is 11.8 Å². The van der Waals surface area contributed by atoms with Gasteiger partial charge in [0.1, 0.15) is 23.2 Å². The number of pyridine rings is 1. The van der Waals surface area contributed by atoms with Gasteiger partial charge in [0.15, 0.2) is 0 Å². The summed E-state index contributed by atoms with van der Waals surface area (Å²) in [5.41, 5.74) is 1.79. The van der Waals surface area contributed by atoms with Crippen molar-refractivity contribution in [1.82, 2.24) is 25.1 Å². The summed E-state index contributed by atoms with van der Waals surface area (Å²) in [7, 11) is 1.51. The summed E-state index contributed by atoms with van der Waals surface area (Å²) in [6.07, 6.45) is 7.70. The van der Waals surface area contributed by atoms with Crippen LogP contribution in [-0.2, 0) is 15.5 Å². The zero-order valence-electron chi connectivity index (χ0n) is 33.0. The van der Waals surface area contributed by atoms with Crippen LogP contribution >= 0.6 is 11.3 Å². The fraction of sp³-hybridized carbons (Fsp3) is 0.465. The van der Waals surface area contributed by atoms with Crippen LogP contribution in [0.1, 0.15) is 113 Å². The number of aromatic nitrogens is 2. The molecular weight excluding hydrogens is 781 g/mol. The SMILES string of the molecule is COc1cc2nc(C3CCC(CN4CCC(CCNc5cccc6c5C(=O)N(C5CCC(=O)NC5=O)C6=O)CC4)CC3)sc2cc1NC(=O)c1cccc(C(C)(F)F)n1. The van der Waals surface area contributed by atoms with Crippen molar-refractivity contribution in [2.75, 3.05) is 43.9 Å². The molecule has 1 aliphatic carbocycles. The van der Waals surface area contributed by atoms with Gasteiger partial charge in [-0.15, -0.1) is 11.3 Å². The largest absolute Gasteiger partial charge is 0.494 e. The first-order chi connectivity index (χ1) is 28.4. The first-order valence-corrected chi connectivity index (χ1v) is 21.1. The van der Waals surface area contributed by atoms with E-state index in [0.717, 1.165) is 91.6 Å². The maximum absolute atomic E-state index is 13.8. The second-order valence-electron chi connectivity index (χ2n) is 16.2. The molecule has 5 amide bonds. The number of hydrogen-bond acceptors (Lipinski definition) is 11. The fourth-order valence-corrected chi connectivity index (χ4v) is 10.1. The Morgan fingerprint density at radius 3 is 2.42 bits per heavy atom. The number of nitrogens with zero attached hydrogens (tertiary/aromatic N) is 4. The summed E-state index contributed by atoms with van der Waals surface area (Å²) < 4.78 is 34.1. The van der Waals surface area contributed by atoms with Crippen LogP contribution in [0.2, 0.25) is 0 Å². The van der Waals surface area contributed by atoms with Gasteiger partial charge in [0, 0.05) is 44.1 Å². The first-order valence-electron chi connectivity index (χ1n) is 20.3. The molecule has 8 rings (SSSR count). The van der Waals surface area contributed by atoms with Crippen molar-refractivity contribution in [3.8, 4) is 5.75 Å². The number of carbonyl (C=O) groups is 5. The van der Waals surface area contributed by atoms with Crippen LogP contribution in [0, 0.1) is 11.8 Å². The van der Waals surface area contributed by atoms with Gasteiger partial charge in [0.05, 0.1) is 39.1 Å². The molecule has 3 N–H and O–H groups in total. The van der Waals surface area contributed by atoms with Gasteiger partial charge < -0.3 is 20.3 Å². The number of rotatable bonds is 12. The Hall–Kier alpha value is -5.35. The van der Waals surface area contributed by atoms with Gasteiger partial charge in [-0.1, -0.05) is 12.1 Å². The van der Waals surface area contributed by atoms with Crippen LogP contribution in [0.4, 0.5) is 20.2 Å². The van der Waals surface area contributed by atoms with E-state index in [0.29, 0.717) is 41.4 Å². The van der Waals surface area contributed by atoms with E-state index in [1.165, 1.54) is 25.3 Å². The normalized spacial score (nSPS) is 21.8. The van der Waals surface area contributed by atoms with Crippen molar-refractivity contribution < 1.29 is 37.5 Å². The molecule has 0 spiro atoms. The van der Waals surface area contributed by atoms with Crippen molar-refractivity contribution >= 4 is 62.5 Å². The minimum Gasteiger partial charge on any atom is -0.494 e. The molecule has 13 nitrogen and oxygen atoms in total. The molecule has 59 heavy (non-hydrogen) atoms. The lowest BCUT2D eigenvalue weighted by atomic mass is 9.81. The number of methoxy groups -OCH3 is 1. The lowest BCUT2D eigenvalue weighted by Gasteiger charge is -2.36. The van der Waals surface area contributed by atoms with Gasteiger partial charge in [0.25, 0.3) is 23.6 Å². The zero-order valence-corrected chi connectivity index (χ0v) is 33.8. The van der Waals surface area contributed by atoms with Gasteiger partial charge in [-0.3, -0.25) is 34.2 Å². The predicted molar refractivity (Wildman–Crippen MR) is 218 cm³/mol. The third-order valence-electron chi connectivity index (χ3n) is 12.2. The van der Waals surface area contributed by atoms with Crippen LogP contribution in [0.5, 0.6) is 5.75 Å². The quantitative estimate of drug-likeness (QED) is 0.127. The molecular formula is C43H47F2N7O6S. The molecule has 16 heteroatoms. The van der Waals surface area contributed by atoms with Gasteiger partial charge in [-0.2, -0.15) is 8.78 Å². The Morgan fingerprint density at radius 1 is 0.932 bits per heavy atom. The Labute approximate surface area is 344 Å². The van der Waals surface area contributed by atoms with Crippen LogP contribution in [0.15, 0.2) is 48.5 Å². The molecule has 3 aliphatic heterocycles. The Bertz CT molecular complexity index is 2300. The maximum atomic E-state index is 13.8. The van der Waals surface area contributed by atoms with Crippen molar-refractivity contribution in [3.63, 3.8) is 0 Å². The third-order valence-corrected chi connectivity index (χ3v) is 13.3. The second kappa shape index (κ2) is 16.7. The van der Waals surface area contributed by atoms with Crippen molar-refractivity contribution in [1.29, 1.82) is 0 Å². The number of halogens is 2. The highest BCUT2D eigenvalue weighted by atomic mass is 32.1. The lowest BCUT2D eigenvalue weighted by molar-refractivity contribution is -0.136. The molecule has 1 saturated carbocycles. The molecule has 4 aliphatic rings. The predicted octanol–water partition coefficient (Wildman–Crippen LogP) is 6.95. The van der Waals surface area contributed by atoms with E-state index >= 15 is 0 Å². The van der Waals surface area contributed by atoms with Crippen LogP contribution in [0.25, 0.3) is 10.2 Å². The zero-order chi connectivity index (χ0) is 41.4. The Morgan fingerprint density at radius 2 is 1.69 bits per heavy atom. The Balaban J connectivity index is 0.793. The number of hydrogen-bond donors (Lipinski definition) is 3. The molecule has 2 aromatic heterocycles. The summed E-state index contributed by atoms with van der Waals surface area (Å²) in [5, 5.41) is 9.49. The minimum atomic E-state index is -3.17. The highest BCUT2D eigenvalue weighted by Gasteiger charge is 2.45. The van der Waals surface area contributed by atoms with E-state index in [4.69, 9.17) is 9.72 Å². The minimum absolute atomic E-state index is 0.0809. The smallest absolute Gasteiger partial charge is 0.287 e. The van der Waals surface area contributed by atoms with Crippen LogP contribution in [-0.4, -0.2) is 88.6 Å². The topological polar surface area (TPSA) is 163 Å². The van der Waals surface area contributed by atoms with E-state index < -0.39 is 47.2 Å². The van der Waals surface area contributed by atoms with Crippen molar-refractivity contribution in [2.45, 2.75) is 82.6 Å². The number of nitrogens with one attached hydrogen (secondary N) is 3. The van der Waals surface area contributed by atoms with E-state index in [1.807, 2.05) is 6.07 Å². The van der Waals surface area contributed by atoms with Gasteiger partial charge >= 0.3 is 0 Å². The highest BCUT2D eigenvalue weighted by molar-refractivity contribution is 7.18. The summed E-state index contributed by atoms with van der Waals surface area (Å²) in [5.74, 6) is -3.84. The average Bonchev–Trinajstić information content (AvgIpc) is 3.75. The molecule has 0 radical (unpaired) electrons. The summed E-state index contributed by atoms with van der Waals surface area (Å²) >= 11 is 1.61. The highest BCUT2D eigenvalue weighted by Crippen LogP contribution is 2.42. The number of ether oxygens (including phenoxy) is 1. The summed E-state index contributed by atoms with van der Waals surface area (Å²) in [6, 6.07) is 11.8. The molecule has 1 atom stereocenters. The molecule has 1 unspecified atom stereocenters. The number of alkyl halides is 2. The monoisotopic (exact) mass is 827 g/mol. The number of fused-ring (bicyclic) bond motifs is 2. The number of thiazole rings is 1. The number of likely N-dealkylation sites (tertiary alicyclic amines) is 1. The van der Waals surface area contributed by atoms with E-state index in [-0.39, 0.29) is 29.7 Å². The fourth-order valence-electron chi connectivity index (χ4n) is 8.89. The number of benzene rings is 2. The van der Waals surface area contributed by atoms with Crippen LogP contribution < -0.4 is 20.7 Å². The number of piperidine rings is 2. The van der Waals surface area contributed by atoms with Crippen LogP contribution in [0.3, 0.4) is 0 Å². The molecule has 5 heterocycles. The second-order valence-corrected chi connectivity index (χ2v) is 17.2.